The topological polar surface area (TPSA) is 33.4 Å². The molecule has 0 saturated carbocycles. The Labute approximate surface area is 95.5 Å². The highest BCUT2D eigenvalue weighted by Crippen LogP contribution is 2.19. The Morgan fingerprint density at radius 1 is 1.12 bits per heavy atom. The van der Waals surface area contributed by atoms with Crippen LogP contribution in [0, 0.1) is 0 Å². The smallest absolute Gasteiger partial charge is 0.0935 e. The van der Waals surface area contributed by atoms with E-state index < -0.39 is 6.10 Å². The van der Waals surface area contributed by atoms with Gasteiger partial charge < -0.3 is 9.52 Å². The van der Waals surface area contributed by atoms with Gasteiger partial charge in [-0.15, -0.1) is 0 Å². The number of hydrogen-bond donors (Lipinski definition) is 1. The molecule has 2 aromatic rings. The summed E-state index contributed by atoms with van der Waals surface area (Å²) in [5.74, 6) is 0. The normalized spacial score (nSPS) is 12.6. The zero-order valence-corrected chi connectivity index (χ0v) is 9.39. The average Bonchev–Trinajstić information content (AvgIpc) is 2.82. The van der Waals surface area contributed by atoms with Crippen LogP contribution < -0.4 is 0 Å². The Hall–Kier alpha value is -1.54. The molecule has 84 valence electrons. The van der Waals surface area contributed by atoms with Crippen molar-refractivity contribution >= 4 is 0 Å². The molecule has 0 radical (unpaired) electrons. The van der Waals surface area contributed by atoms with Gasteiger partial charge in [0.2, 0.25) is 0 Å². The largest absolute Gasteiger partial charge is 0.472 e. The molecule has 16 heavy (non-hydrogen) atoms. The predicted octanol–water partition coefficient (Wildman–Crippen LogP) is 3.12. The molecule has 0 aliphatic rings. The van der Waals surface area contributed by atoms with Crippen LogP contribution in [0.3, 0.4) is 0 Å². The van der Waals surface area contributed by atoms with Crippen LogP contribution >= 0.6 is 0 Å². The summed E-state index contributed by atoms with van der Waals surface area (Å²) < 4.78 is 4.98. The molecule has 2 nitrogen and oxygen atoms in total. The summed E-state index contributed by atoms with van der Waals surface area (Å²) in [6.07, 6.45) is 4.47. The highest BCUT2D eigenvalue weighted by atomic mass is 16.3. The number of aryl methyl sites for hydroxylation is 1. The van der Waals surface area contributed by atoms with Crippen molar-refractivity contribution < 1.29 is 9.52 Å². The van der Waals surface area contributed by atoms with E-state index >= 15 is 0 Å². The van der Waals surface area contributed by atoms with E-state index in [9.17, 15) is 5.11 Å². The molecule has 1 N–H and O–H groups in total. The molecule has 1 unspecified atom stereocenters. The molecule has 0 amide bonds. The summed E-state index contributed by atoms with van der Waals surface area (Å²) in [6, 6.07) is 9.98. The van der Waals surface area contributed by atoms with Crippen molar-refractivity contribution in [3.05, 3.63) is 59.5 Å². The van der Waals surface area contributed by atoms with Gasteiger partial charge in [0.05, 0.1) is 18.6 Å². The SMILES string of the molecule is CCc1ccc(C(O)Cc2ccoc2)cc1. The second kappa shape index (κ2) is 4.99. The maximum Gasteiger partial charge on any atom is 0.0935 e. The fourth-order valence-corrected chi connectivity index (χ4v) is 1.73. The van der Waals surface area contributed by atoms with Crippen molar-refractivity contribution in [3.63, 3.8) is 0 Å². The van der Waals surface area contributed by atoms with E-state index in [0.717, 1.165) is 17.5 Å². The van der Waals surface area contributed by atoms with Gasteiger partial charge in [0.1, 0.15) is 0 Å². The van der Waals surface area contributed by atoms with E-state index in [0.29, 0.717) is 6.42 Å². The van der Waals surface area contributed by atoms with E-state index in [-0.39, 0.29) is 0 Å². The molecule has 2 heteroatoms. The molecule has 0 aliphatic carbocycles. The van der Waals surface area contributed by atoms with Crippen LogP contribution in [0.5, 0.6) is 0 Å². The summed E-state index contributed by atoms with van der Waals surface area (Å²) >= 11 is 0. The number of aliphatic hydroxyl groups is 1. The first-order valence-electron chi connectivity index (χ1n) is 5.57. The molecular formula is C14H16O2. The minimum Gasteiger partial charge on any atom is -0.472 e. The Morgan fingerprint density at radius 3 is 2.44 bits per heavy atom. The Kier molecular flexibility index (Phi) is 3.42. The summed E-state index contributed by atoms with van der Waals surface area (Å²) in [4.78, 5) is 0. The van der Waals surface area contributed by atoms with Crippen molar-refractivity contribution in [2.75, 3.05) is 0 Å². The molecular weight excluding hydrogens is 200 g/mol. The maximum absolute atomic E-state index is 10.0. The molecule has 1 heterocycles. The summed E-state index contributed by atoms with van der Waals surface area (Å²) in [6.45, 7) is 2.12. The highest BCUT2D eigenvalue weighted by molar-refractivity contribution is 5.25. The van der Waals surface area contributed by atoms with Gasteiger partial charge in [-0.25, -0.2) is 0 Å². The fraction of sp³-hybridized carbons (Fsp3) is 0.286. The predicted molar refractivity (Wildman–Crippen MR) is 63.2 cm³/mol. The molecule has 0 bridgehead atoms. The first-order valence-corrected chi connectivity index (χ1v) is 5.57. The average molecular weight is 216 g/mol. The molecule has 1 aromatic heterocycles. The minimum absolute atomic E-state index is 0.455. The summed E-state index contributed by atoms with van der Waals surface area (Å²) in [5, 5.41) is 10.0. The molecule has 0 fully saturated rings. The molecule has 0 spiro atoms. The Morgan fingerprint density at radius 2 is 1.88 bits per heavy atom. The number of hydrogen-bond acceptors (Lipinski definition) is 2. The van der Waals surface area contributed by atoms with Crippen LogP contribution in [0.2, 0.25) is 0 Å². The third-order valence-corrected chi connectivity index (χ3v) is 2.78. The molecule has 0 saturated heterocycles. The first kappa shape index (κ1) is 11.0. The second-order valence-corrected chi connectivity index (χ2v) is 3.95. The van der Waals surface area contributed by atoms with E-state index in [1.165, 1.54) is 5.56 Å². The van der Waals surface area contributed by atoms with Crippen molar-refractivity contribution in [2.45, 2.75) is 25.9 Å². The lowest BCUT2D eigenvalue weighted by Gasteiger charge is -2.10. The van der Waals surface area contributed by atoms with Crippen molar-refractivity contribution in [3.8, 4) is 0 Å². The summed E-state index contributed by atoms with van der Waals surface area (Å²) in [5.41, 5.74) is 3.27. The van der Waals surface area contributed by atoms with Gasteiger partial charge in [0.15, 0.2) is 0 Å². The first-order chi connectivity index (χ1) is 7.79. The van der Waals surface area contributed by atoms with Gasteiger partial charge in [0.25, 0.3) is 0 Å². The fourth-order valence-electron chi connectivity index (χ4n) is 1.73. The van der Waals surface area contributed by atoms with Gasteiger partial charge in [-0.3, -0.25) is 0 Å². The van der Waals surface area contributed by atoms with E-state index in [2.05, 4.69) is 19.1 Å². The van der Waals surface area contributed by atoms with Crippen LogP contribution in [0.25, 0.3) is 0 Å². The lowest BCUT2D eigenvalue weighted by atomic mass is 10.0. The molecule has 2 rings (SSSR count). The van der Waals surface area contributed by atoms with E-state index in [4.69, 9.17) is 4.42 Å². The van der Waals surface area contributed by atoms with Gasteiger partial charge in [-0.2, -0.15) is 0 Å². The lowest BCUT2D eigenvalue weighted by molar-refractivity contribution is 0.178. The third-order valence-electron chi connectivity index (χ3n) is 2.78. The highest BCUT2D eigenvalue weighted by Gasteiger charge is 2.08. The van der Waals surface area contributed by atoms with Crippen LogP contribution in [-0.4, -0.2) is 5.11 Å². The zero-order valence-electron chi connectivity index (χ0n) is 9.39. The third kappa shape index (κ3) is 2.52. The van der Waals surface area contributed by atoms with E-state index in [1.54, 1.807) is 12.5 Å². The van der Waals surface area contributed by atoms with Gasteiger partial charge in [0, 0.05) is 6.42 Å². The summed E-state index contributed by atoms with van der Waals surface area (Å²) in [7, 11) is 0. The Bertz CT molecular complexity index is 415. The second-order valence-electron chi connectivity index (χ2n) is 3.95. The standard InChI is InChI=1S/C14H16O2/c1-2-11-3-5-13(6-4-11)14(15)9-12-7-8-16-10-12/h3-8,10,14-15H,2,9H2,1H3. The molecule has 1 aromatic carbocycles. The van der Waals surface area contributed by atoms with Gasteiger partial charge >= 0.3 is 0 Å². The lowest BCUT2D eigenvalue weighted by Crippen LogP contribution is -2.00. The molecule has 1 atom stereocenters. The number of furan rings is 1. The zero-order chi connectivity index (χ0) is 11.4. The Balaban J connectivity index is 2.05. The van der Waals surface area contributed by atoms with Crippen LogP contribution in [0.15, 0.2) is 47.3 Å². The maximum atomic E-state index is 10.0. The van der Waals surface area contributed by atoms with Crippen LogP contribution in [0.1, 0.15) is 29.7 Å². The van der Waals surface area contributed by atoms with Gasteiger partial charge in [-0.1, -0.05) is 31.2 Å². The quantitative estimate of drug-likeness (QED) is 0.851. The number of rotatable bonds is 4. The number of benzene rings is 1. The van der Waals surface area contributed by atoms with Crippen molar-refractivity contribution in [1.29, 1.82) is 0 Å². The molecule has 0 aliphatic heterocycles. The van der Waals surface area contributed by atoms with E-state index in [1.807, 2.05) is 18.2 Å². The van der Waals surface area contributed by atoms with Crippen LogP contribution in [-0.2, 0) is 12.8 Å². The van der Waals surface area contributed by atoms with Crippen LogP contribution in [0.4, 0.5) is 0 Å². The van der Waals surface area contributed by atoms with Gasteiger partial charge in [-0.05, 0) is 29.2 Å². The minimum atomic E-state index is -0.455. The van der Waals surface area contributed by atoms with Crippen molar-refractivity contribution in [1.82, 2.24) is 0 Å². The monoisotopic (exact) mass is 216 g/mol. The van der Waals surface area contributed by atoms with Crippen molar-refractivity contribution in [2.24, 2.45) is 0 Å². The number of aliphatic hydroxyl groups excluding tert-OH is 1.